The van der Waals surface area contributed by atoms with Gasteiger partial charge in [-0.1, -0.05) is 13.0 Å². The maximum Gasteiger partial charge on any atom is 0.130 e. The van der Waals surface area contributed by atoms with Gasteiger partial charge in [-0.2, -0.15) is 0 Å². The number of hydrogen-bond acceptors (Lipinski definition) is 3. The van der Waals surface area contributed by atoms with Crippen molar-refractivity contribution in [2.75, 3.05) is 11.9 Å². The van der Waals surface area contributed by atoms with Crippen molar-refractivity contribution in [3.8, 4) is 5.75 Å². The van der Waals surface area contributed by atoms with Crippen LogP contribution in [0.5, 0.6) is 5.75 Å². The number of ether oxygens (including phenoxy) is 1. The van der Waals surface area contributed by atoms with E-state index in [0.29, 0.717) is 12.4 Å². The first-order valence-electron chi connectivity index (χ1n) is 6.36. The van der Waals surface area contributed by atoms with Crippen molar-refractivity contribution in [2.24, 2.45) is 0 Å². The number of rotatable bonds is 6. The zero-order valence-electron chi connectivity index (χ0n) is 10.9. The second-order valence-corrected chi connectivity index (χ2v) is 4.18. The summed E-state index contributed by atoms with van der Waals surface area (Å²) in [5, 5.41) is 3.22. The summed E-state index contributed by atoms with van der Waals surface area (Å²) in [6.07, 6.45) is 1.05. The fourth-order valence-electron chi connectivity index (χ4n) is 1.60. The van der Waals surface area contributed by atoms with Crippen LogP contribution < -0.4 is 10.1 Å². The number of halogens is 1. The maximum atomic E-state index is 12.7. The average Bonchev–Trinajstić information content (AvgIpc) is 2.45. The molecule has 0 aliphatic rings. The molecule has 2 rings (SSSR count). The van der Waals surface area contributed by atoms with Crippen molar-refractivity contribution in [1.29, 1.82) is 0 Å². The van der Waals surface area contributed by atoms with Crippen LogP contribution in [0.4, 0.5) is 10.2 Å². The van der Waals surface area contributed by atoms with Gasteiger partial charge < -0.3 is 10.1 Å². The zero-order chi connectivity index (χ0) is 13.5. The fourth-order valence-corrected chi connectivity index (χ4v) is 1.60. The van der Waals surface area contributed by atoms with Crippen molar-refractivity contribution in [3.05, 3.63) is 54.0 Å². The molecule has 2 aromatic rings. The quantitative estimate of drug-likeness (QED) is 0.861. The van der Waals surface area contributed by atoms with E-state index in [-0.39, 0.29) is 5.82 Å². The van der Waals surface area contributed by atoms with Crippen LogP contribution in [0.15, 0.2) is 42.5 Å². The Kier molecular flexibility index (Phi) is 4.72. The molecule has 19 heavy (non-hydrogen) atoms. The molecule has 1 N–H and O–H groups in total. The summed E-state index contributed by atoms with van der Waals surface area (Å²) < 4.78 is 18.3. The lowest BCUT2D eigenvalue weighted by Crippen LogP contribution is -2.04. The minimum Gasteiger partial charge on any atom is -0.487 e. The van der Waals surface area contributed by atoms with Gasteiger partial charge in [-0.25, -0.2) is 9.37 Å². The molecule has 0 saturated carbocycles. The summed E-state index contributed by atoms with van der Waals surface area (Å²) in [6, 6.07) is 11.7. The first-order chi connectivity index (χ1) is 9.28. The summed E-state index contributed by atoms with van der Waals surface area (Å²) in [5.74, 6) is 1.22. The van der Waals surface area contributed by atoms with Gasteiger partial charge in [-0.05, 0) is 42.8 Å². The Hall–Kier alpha value is -2.10. The van der Waals surface area contributed by atoms with Crippen molar-refractivity contribution in [1.82, 2.24) is 4.98 Å². The Bertz CT molecular complexity index is 514. The van der Waals surface area contributed by atoms with Crippen LogP contribution >= 0.6 is 0 Å². The minimum atomic E-state index is -0.267. The van der Waals surface area contributed by atoms with E-state index in [9.17, 15) is 4.39 Å². The van der Waals surface area contributed by atoms with Crippen LogP contribution in [0, 0.1) is 5.82 Å². The van der Waals surface area contributed by atoms with Crippen molar-refractivity contribution in [2.45, 2.75) is 20.0 Å². The van der Waals surface area contributed by atoms with Gasteiger partial charge in [-0.3, -0.25) is 0 Å². The van der Waals surface area contributed by atoms with Gasteiger partial charge >= 0.3 is 0 Å². The van der Waals surface area contributed by atoms with E-state index in [1.807, 2.05) is 18.2 Å². The lowest BCUT2D eigenvalue weighted by atomic mass is 10.3. The largest absolute Gasteiger partial charge is 0.487 e. The lowest BCUT2D eigenvalue weighted by molar-refractivity contribution is 0.301. The van der Waals surface area contributed by atoms with Gasteiger partial charge in [0, 0.05) is 6.54 Å². The smallest absolute Gasteiger partial charge is 0.130 e. The van der Waals surface area contributed by atoms with Gasteiger partial charge in [0.15, 0.2) is 0 Å². The third-order valence-corrected chi connectivity index (χ3v) is 2.56. The molecule has 0 radical (unpaired) electrons. The van der Waals surface area contributed by atoms with E-state index in [2.05, 4.69) is 17.2 Å². The molecule has 4 heteroatoms. The standard InChI is InChI=1S/C15H17FN2O/c1-2-10-17-15-5-3-4-13(18-15)11-19-14-8-6-12(16)7-9-14/h3-9H,2,10-11H2,1H3,(H,17,18). The van der Waals surface area contributed by atoms with Crippen molar-refractivity contribution in [3.63, 3.8) is 0 Å². The third-order valence-electron chi connectivity index (χ3n) is 2.56. The predicted octanol–water partition coefficient (Wildman–Crippen LogP) is 3.62. The fraction of sp³-hybridized carbons (Fsp3) is 0.267. The molecule has 3 nitrogen and oxygen atoms in total. The number of nitrogens with zero attached hydrogens (tertiary/aromatic N) is 1. The molecular weight excluding hydrogens is 243 g/mol. The first-order valence-corrected chi connectivity index (χ1v) is 6.36. The Morgan fingerprint density at radius 1 is 1.16 bits per heavy atom. The van der Waals surface area contributed by atoms with Gasteiger partial charge in [-0.15, -0.1) is 0 Å². The maximum absolute atomic E-state index is 12.7. The first kappa shape index (κ1) is 13.3. The molecule has 0 fully saturated rings. The SMILES string of the molecule is CCCNc1cccc(COc2ccc(F)cc2)n1. The highest BCUT2D eigenvalue weighted by molar-refractivity contribution is 5.35. The summed E-state index contributed by atoms with van der Waals surface area (Å²) >= 11 is 0. The molecule has 1 aromatic carbocycles. The Morgan fingerprint density at radius 2 is 1.95 bits per heavy atom. The van der Waals surface area contributed by atoms with Crippen LogP contribution in [-0.4, -0.2) is 11.5 Å². The molecule has 100 valence electrons. The second kappa shape index (κ2) is 6.73. The highest BCUT2D eigenvalue weighted by Gasteiger charge is 1.99. The number of pyridine rings is 1. The van der Waals surface area contributed by atoms with Gasteiger partial charge in [0.1, 0.15) is 24.0 Å². The Labute approximate surface area is 112 Å². The van der Waals surface area contributed by atoms with E-state index in [0.717, 1.165) is 24.5 Å². The number of hydrogen-bond donors (Lipinski definition) is 1. The van der Waals surface area contributed by atoms with Crippen LogP contribution in [0.1, 0.15) is 19.0 Å². The minimum absolute atomic E-state index is 0.267. The molecule has 0 saturated heterocycles. The molecule has 0 spiro atoms. The van der Waals surface area contributed by atoms with E-state index < -0.39 is 0 Å². The summed E-state index contributed by atoms with van der Waals surface area (Å²) in [5.41, 5.74) is 0.838. The van der Waals surface area contributed by atoms with Gasteiger partial charge in [0.2, 0.25) is 0 Å². The van der Waals surface area contributed by atoms with Gasteiger partial charge in [0.25, 0.3) is 0 Å². The number of nitrogens with one attached hydrogen (secondary N) is 1. The van der Waals surface area contributed by atoms with E-state index in [4.69, 9.17) is 4.74 Å². The highest BCUT2D eigenvalue weighted by Crippen LogP contribution is 2.13. The third kappa shape index (κ3) is 4.25. The topological polar surface area (TPSA) is 34.1 Å². The van der Waals surface area contributed by atoms with Crippen LogP contribution in [-0.2, 0) is 6.61 Å². The van der Waals surface area contributed by atoms with Crippen LogP contribution in [0.25, 0.3) is 0 Å². The zero-order valence-corrected chi connectivity index (χ0v) is 10.9. The number of benzene rings is 1. The summed E-state index contributed by atoms with van der Waals surface area (Å²) in [6.45, 7) is 3.37. The predicted molar refractivity (Wildman–Crippen MR) is 73.7 cm³/mol. The molecular formula is C15H17FN2O. The number of aromatic nitrogens is 1. The molecule has 1 heterocycles. The molecule has 0 bridgehead atoms. The molecule has 0 aliphatic heterocycles. The molecule has 0 aliphatic carbocycles. The van der Waals surface area contributed by atoms with Crippen LogP contribution in [0.3, 0.4) is 0 Å². The normalized spacial score (nSPS) is 10.2. The van der Waals surface area contributed by atoms with Crippen LogP contribution in [0.2, 0.25) is 0 Å². The Balaban J connectivity index is 1.93. The van der Waals surface area contributed by atoms with E-state index in [1.54, 1.807) is 12.1 Å². The summed E-state index contributed by atoms with van der Waals surface area (Å²) in [7, 11) is 0. The highest BCUT2D eigenvalue weighted by atomic mass is 19.1. The summed E-state index contributed by atoms with van der Waals surface area (Å²) in [4.78, 5) is 4.43. The second-order valence-electron chi connectivity index (χ2n) is 4.18. The van der Waals surface area contributed by atoms with Gasteiger partial charge in [0.05, 0.1) is 5.69 Å². The van der Waals surface area contributed by atoms with E-state index in [1.165, 1.54) is 12.1 Å². The molecule has 0 atom stereocenters. The Morgan fingerprint density at radius 3 is 2.68 bits per heavy atom. The molecule has 1 aromatic heterocycles. The lowest BCUT2D eigenvalue weighted by Gasteiger charge is -2.08. The molecule has 0 amide bonds. The average molecular weight is 260 g/mol. The van der Waals surface area contributed by atoms with Crippen molar-refractivity contribution >= 4 is 5.82 Å². The van der Waals surface area contributed by atoms with Crippen molar-refractivity contribution < 1.29 is 9.13 Å². The van der Waals surface area contributed by atoms with E-state index >= 15 is 0 Å². The molecule has 0 unspecified atom stereocenters. The number of anilines is 1. The monoisotopic (exact) mass is 260 g/mol.